The summed E-state index contributed by atoms with van der Waals surface area (Å²) in [6.07, 6.45) is -0.636. The number of β-amino-alcohol motifs (C(OH)–C–C–N with tert-alkyl or cyclic N) is 1. The topological polar surface area (TPSA) is 49.8 Å². The maximum Gasteiger partial charge on any atom is 0.248 e. The van der Waals surface area contributed by atoms with E-state index in [0.717, 1.165) is 5.56 Å². The van der Waals surface area contributed by atoms with Crippen LogP contribution in [0.5, 0.6) is 0 Å². The quantitative estimate of drug-likeness (QED) is 0.899. The molecular formula is C15H21NO3. The molecule has 1 unspecified atom stereocenters. The summed E-state index contributed by atoms with van der Waals surface area (Å²) in [7, 11) is 0. The average molecular weight is 263 g/mol. The molecule has 1 aromatic carbocycles. The molecule has 1 aliphatic heterocycles. The van der Waals surface area contributed by atoms with E-state index in [1.807, 2.05) is 24.3 Å². The highest BCUT2D eigenvalue weighted by atomic mass is 16.5. The Morgan fingerprint density at radius 1 is 1.26 bits per heavy atom. The van der Waals surface area contributed by atoms with Crippen LogP contribution in [0.1, 0.15) is 37.0 Å². The van der Waals surface area contributed by atoms with Crippen LogP contribution in [0.3, 0.4) is 0 Å². The summed E-state index contributed by atoms with van der Waals surface area (Å²) in [6, 6.07) is 7.94. The first-order valence-corrected chi connectivity index (χ1v) is 6.71. The second-order valence-corrected chi connectivity index (χ2v) is 5.23. The van der Waals surface area contributed by atoms with Crippen LogP contribution in [-0.2, 0) is 9.53 Å². The molecule has 1 saturated heterocycles. The Labute approximate surface area is 114 Å². The molecule has 0 saturated carbocycles. The molecular weight excluding hydrogens is 242 g/mol. The predicted octanol–water partition coefficient (Wildman–Crippen LogP) is 1.70. The molecule has 2 rings (SSSR count). The Balaban J connectivity index is 1.98. The maximum atomic E-state index is 11.6. The van der Waals surface area contributed by atoms with Gasteiger partial charge in [0.25, 0.3) is 0 Å². The number of morpholine rings is 1. The van der Waals surface area contributed by atoms with Crippen molar-refractivity contribution in [1.82, 2.24) is 4.90 Å². The van der Waals surface area contributed by atoms with Gasteiger partial charge in [-0.3, -0.25) is 4.79 Å². The fourth-order valence-corrected chi connectivity index (χ4v) is 2.16. The number of aliphatic hydroxyl groups is 1. The van der Waals surface area contributed by atoms with E-state index < -0.39 is 6.10 Å². The molecule has 19 heavy (non-hydrogen) atoms. The summed E-state index contributed by atoms with van der Waals surface area (Å²) in [5.74, 6) is 0.427. The van der Waals surface area contributed by atoms with E-state index in [1.54, 1.807) is 4.90 Å². The number of benzene rings is 1. The van der Waals surface area contributed by atoms with Gasteiger partial charge in [0.15, 0.2) is 0 Å². The molecule has 1 heterocycles. The van der Waals surface area contributed by atoms with Crippen molar-refractivity contribution in [2.24, 2.45) is 0 Å². The van der Waals surface area contributed by atoms with Crippen molar-refractivity contribution >= 4 is 5.91 Å². The second-order valence-electron chi connectivity index (χ2n) is 5.23. The van der Waals surface area contributed by atoms with Crippen LogP contribution in [0.2, 0.25) is 0 Å². The zero-order valence-electron chi connectivity index (χ0n) is 11.5. The summed E-state index contributed by atoms with van der Waals surface area (Å²) in [6.45, 7) is 5.84. The van der Waals surface area contributed by atoms with Crippen molar-refractivity contribution in [3.63, 3.8) is 0 Å². The molecule has 0 radical (unpaired) electrons. The third kappa shape index (κ3) is 3.55. The summed E-state index contributed by atoms with van der Waals surface area (Å²) in [5, 5.41) is 10.2. The van der Waals surface area contributed by atoms with Crippen LogP contribution in [-0.4, -0.2) is 42.2 Å². The van der Waals surface area contributed by atoms with E-state index >= 15 is 0 Å². The zero-order chi connectivity index (χ0) is 13.8. The SMILES string of the molecule is CC(C)c1ccc(C(O)CN2CCOCC2=O)cc1. The van der Waals surface area contributed by atoms with Gasteiger partial charge in [-0.1, -0.05) is 38.1 Å². The van der Waals surface area contributed by atoms with Crippen LogP contribution in [0.25, 0.3) is 0 Å². The number of carbonyl (C=O) groups is 1. The van der Waals surface area contributed by atoms with Gasteiger partial charge in [-0.15, -0.1) is 0 Å². The molecule has 0 bridgehead atoms. The van der Waals surface area contributed by atoms with Crippen molar-refractivity contribution in [3.8, 4) is 0 Å². The molecule has 1 fully saturated rings. The Morgan fingerprint density at radius 2 is 1.89 bits per heavy atom. The number of aliphatic hydroxyl groups excluding tert-OH is 1. The lowest BCUT2D eigenvalue weighted by atomic mass is 10.00. The van der Waals surface area contributed by atoms with E-state index in [4.69, 9.17) is 4.74 Å². The minimum absolute atomic E-state index is 0.0518. The number of nitrogens with zero attached hydrogens (tertiary/aromatic N) is 1. The first-order chi connectivity index (χ1) is 9.08. The second kappa shape index (κ2) is 6.17. The fraction of sp³-hybridized carbons (Fsp3) is 0.533. The molecule has 1 N–H and O–H groups in total. The predicted molar refractivity (Wildman–Crippen MR) is 72.9 cm³/mol. The minimum Gasteiger partial charge on any atom is -0.387 e. The molecule has 0 aliphatic carbocycles. The first-order valence-electron chi connectivity index (χ1n) is 6.71. The summed E-state index contributed by atoms with van der Waals surface area (Å²) >= 11 is 0. The van der Waals surface area contributed by atoms with Crippen LogP contribution in [0.15, 0.2) is 24.3 Å². The smallest absolute Gasteiger partial charge is 0.248 e. The van der Waals surface area contributed by atoms with Gasteiger partial charge >= 0.3 is 0 Å². The van der Waals surface area contributed by atoms with Crippen LogP contribution >= 0.6 is 0 Å². The van der Waals surface area contributed by atoms with Gasteiger partial charge in [0.1, 0.15) is 6.61 Å². The van der Waals surface area contributed by atoms with E-state index in [9.17, 15) is 9.90 Å². The third-order valence-corrected chi connectivity index (χ3v) is 3.47. The van der Waals surface area contributed by atoms with E-state index in [1.165, 1.54) is 5.56 Å². The molecule has 4 nitrogen and oxygen atoms in total. The van der Waals surface area contributed by atoms with Gasteiger partial charge in [0.2, 0.25) is 5.91 Å². The van der Waals surface area contributed by atoms with E-state index in [2.05, 4.69) is 13.8 Å². The highest BCUT2D eigenvalue weighted by Gasteiger charge is 2.21. The molecule has 0 aromatic heterocycles. The van der Waals surface area contributed by atoms with Gasteiger partial charge in [-0.2, -0.15) is 0 Å². The standard InChI is InChI=1S/C15H21NO3/c1-11(2)12-3-5-13(6-4-12)14(17)9-16-7-8-19-10-15(16)18/h3-6,11,14,17H,7-10H2,1-2H3. The van der Waals surface area contributed by atoms with Gasteiger partial charge in [-0.05, 0) is 17.0 Å². The Hall–Kier alpha value is -1.39. The van der Waals surface area contributed by atoms with Crippen molar-refractivity contribution in [2.45, 2.75) is 25.9 Å². The van der Waals surface area contributed by atoms with E-state index in [-0.39, 0.29) is 12.5 Å². The highest BCUT2D eigenvalue weighted by molar-refractivity contribution is 5.78. The molecule has 1 atom stereocenters. The molecule has 4 heteroatoms. The van der Waals surface area contributed by atoms with Crippen molar-refractivity contribution < 1.29 is 14.6 Å². The largest absolute Gasteiger partial charge is 0.387 e. The Bertz CT molecular complexity index is 428. The van der Waals surface area contributed by atoms with E-state index in [0.29, 0.717) is 25.6 Å². The lowest BCUT2D eigenvalue weighted by molar-refractivity contribution is -0.144. The zero-order valence-corrected chi connectivity index (χ0v) is 11.5. The highest BCUT2D eigenvalue weighted by Crippen LogP contribution is 2.19. The lowest BCUT2D eigenvalue weighted by Crippen LogP contribution is -2.43. The monoisotopic (exact) mass is 263 g/mol. The fourth-order valence-electron chi connectivity index (χ4n) is 2.16. The summed E-state index contributed by atoms with van der Waals surface area (Å²) in [5.41, 5.74) is 2.10. The number of carbonyl (C=O) groups excluding carboxylic acids is 1. The number of hydrogen-bond acceptors (Lipinski definition) is 3. The van der Waals surface area contributed by atoms with Crippen LogP contribution in [0, 0.1) is 0 Å². The van der Waals surface area contributed by atoms with Crippen LogP contribution < -0.4 is 0 Å². The first kappa shape index (κ1) is 14.0. The van der Waals surface area contributed by atoms with Gasteiger partial charge in [0, 0.05) is 6.54 Å². The number of amides is 1. The minimum atomic E-state index is -0.636. The van der Waals surface area contributed by atoms with Crippen molar-refractivity contribution in [3.05, 3.63) is 35.4 Å². The Kier molecular flexibility index (Phi) is 4.56. The molecule has 1 amide bonds. The number of rotatable bonds is 4. The molecule has 1 aliphatic rings. The normalized spacial score (nSPS) is 17.9. The van der Waals surface area contributed by atoms with Crippen LogP contribution in [0.4, 0.5) is 0 Å². The number of ether oxygens (including phenoxy) is 1. The number of hydrogen-bond donors (Lipinski definition) is 1. The van der Waals surface area contributed by atoms with Crippen molar-refractivity contribution in [2.75, 3.05) is 26.3 Å². The van der Waals surface area contributed by atoms with Gasteiger partial charge in [-0.25, -0.2) is 0 Å². The Morgan fingerprint density at radius 3 is 2.47 bits per heavy atom. The molecule has 104 valence electrons. The lowest BCUT2D eigenvalue weighted by Gasteiger charge is -2.28. The third-order valence-electron chi connectivity index (χ3n) is 3.47. The summed E-state index contributed by atoms with van der Waals surface area (Å²) < 4.78 is 5.07. The average Bonchev–Trinajstić information content (AvgIpc) is 2.41. The van der Waals surface area contributed by atoms with Crippen molar-refractivity contribution in [1.29, 1.82) is 0 Å². The molecule has 1 aromatic rings. The van der Waals surface area contributed by atoms with Gasteiger partial charge < -0.3 is 14.7 Å². The van der Waals surface area contributed by atoms with Gasteiger partial charge in [0.05, 0.1) is 19.3 Å². The maximum absolute atomic E-state index is 11.6. The summed E-state index contributed by atoms with van der Waals surface area (Å²) in [4.78, 5) is 13.3. The molecule has 0 spiro atoms.